The number of quaternary nitrogens is 1. The van der Waals surface area contributed by atoms with E-state index in [1.165, 1.54) is 15.4 Å². The van der Waals surface area contributed by atoms with Crippen LogP contribution in [0.25, 0.3) is 0 Å². The van der Waals surface area contributed by atoms with E-state index in [4.69, 9.17) is 4.99 Å². The van der Waals surface area contributed by atoms with Crippen LogP contribution in [0.3, 0.4) is 0 Å². The van der Waals surface area contributed by atoms with Crippen LogP contribution in [-0.4, -0.2) is 37.1 Å². The van der Waals surface area contributed by atoms with Gasteiger partial charge in [-0.3, -0.25) is 9.80 Å². The molecule has 1 fully saturated rings. The number of hydrogen-bond acceptors (Lipinski definition) is 4. The number of thiophene rings is 1. The molecule has 0 amide bonds. The standard InChI is InChI=1S/C16H19N4S/c1-11-9-12-15(20(2)8-7-17-10-20)18-13-5-3-4-6-14(13)19-16(12)21-11/h3-6,9,17,19H,7-8,10H2,1-2H3/q+1. The first kappa shape index (κ1) is 13.0. The Kier molecular flexibility index (Phi) is 2.89. The van der Waals surface area contributed by atoms with Crippen molar-refractivity contribution in [1.82, 2.24) is 5.32 Å². The van der Waals surface area contributed by atoms with E-state index < -0.39 is 0 Å². The summed E-state index contributed by atoms with van der Waals surface area (Å²) < 4.78 is 0.846. The van der Waals surface area contributed by atoms with Crippen molar-refractivity contribution in [3.8, 4) is 0 Å². The summed E-state index contributed by atoms with van der Waals surface area (Å²) in [5.74, 6) is 1.16. The zero-order chi connectivity index (χ0) is 14.4. The van der Waals surface area contributed by atoms with Crippen molar-refractivity contribution in [3.05, 3.63) is 40.8 Å². The molecule has 0 bridgehead atoms. The Labute approximate surface area is 128 Å². The third kappa shape index (κ3) is 2.09. The maximum Gasteiger partial charge on any atom is 0.239 e. The molecule has 2 aliphatic heterocycles. The second-order valence-corrected chi connectivity index (χ2v) is 7.21. The first-order chi connectivity index (χ1) is 10.2. The van der Waals surface area contributed by atoms with Crippen LogP contribution in [0.5, 0.6) is 0 Å². The predicted octanol–water partition coefficient (Wildman–Crippen LogP) is 3.20. The minimum atomic E-state index is 0.846. The van der Waals surface area contributed by atoms with Gasteiger partial charge < -0.3 is 5.32 Å². The fraction of sp³-hybridized carbons (Fsp3) is 0.312. The molecular weight excluding hydrogens is 280 g/mol. The van der Waals surface area contributed by atoms with Crippen molar-refractivity contribution in [3.63, 3.8) is 0 Å². The van der Waals surface area contributed by atoms with Gasteiger partial charge in [-0.15, -0.1) is 11.3 Å². The van der Waals surface area contributed by atoms with E-state index in [9.17, 15) is 0 Å². The first-order valence-corrected chi connectivity index (χ1v) is 8.09. The fourth-order valence-electron chi connectivity index (χ4n) is 3.07. The molecule has 1 saturated heterocycles. The third-order valence-electron chi connectivity index (χ3n) is 4.23. The summed E-state index contributed by atoms with van der Waals surface area (Å²) in [6.07, 6.45) is 0. The Morgan fingerprint density at radius 1 is 1.29 bits per heavy atom. The quantitative estimate of drug-likeness (QED) is 0.733. The number of anilines is 2. The number of aryl methyl sites for hydroxylation is 1. The highest BCUT2D eigenvalue weighted by Gasteiger charge is 2.37. The number of rotatable bonds is 0. The first-order valence-electron chi connectivity index (χ1n) is 7.27. The van der Waals surface area contributed by atoms with Crippen molar-refractivity contribution in [2.24, 2.45) is 4.99 Å². The van der Waals surface area contributed by atoms with Crippen LogP contribution in [0.2, 0.25) is 0 Å². The van der Waals surface area contributed by atoms with Gasteiger partial charge in [-0.2, -0.15) is 4.99 Å². The Balaban J connectivity index is 1.95. The van der Waals surface area contributed by atoms with Crippen LogP contribution < -0.4 is 10.6 Å². The molecule has 1 unspecified atom stereocenters. The van der Waals surface area contributed by atoms with Crippen LogP contribution in [0.15, 0.2) is 35.3 Å². The summed E-state index contributed by atoms with van der Waals surface area (Å²) in [5.41, 5.74) is 3.37. The van der Waals surface area contributed by atoms with E-state index in [2.05, 4.69) is 54.9 Å². The summed E-state index contributed by atoms with van der Waals surface area (Å²) in [6, 6.07) is 10.6. The number of likely N-dealkylation sites (N-methyl/N-ethyl adjacent to an activating group) is 1. The van der Waals surface area contributed by atoms with Crippen molar-refractivity contribution < 1.29 is 4.48 Å². The van der Waals surface area contributed by atoms with Gasteiger partial charge in [0, 0.05) is 4.88 Å². The lowest BCUT2D eigenvalue weighted by Crippen LogP contribution is -2.48. The van der Waals surface area contributed by atoms with Gasteiger partial charge in [-0.1, -0.05) is 12.1 Å². The largest absolute Gasteiger partial charge is 0.345 e. The van der Waals surface area contributed by atoms with Crippen molar-refractivity contribution in [2.75, 3.05) is 32.1 Å². The zero-order valence-electron chi connectivity index (χ0n) is 12.3. The number of hydrogen-bond donors (Lipinski definition) is 2. The number of nitrogens with zero attached hydrogens (tertiary/aromatic N) is 2. The normalized spacial score (nSPS) is 23.8. The van der Waals surface area contributed by atoms with Crippen molar-refractivity contribution in [2.45, 2.75) is 6.92 Å². The molecule has 0 radical (unpaired) electrons. The van der Waals surface area contributed by atoms with Gasteiger partial charge in [0.1, 0.15) is 11.7 Å². The number of nitrogens with one attached hydrogen (secondary N) is 2. The smallest absolute Gasteiger partial charge is 0.239 e. The maximum absolute atomic E-state index is 5.04. The molecule has 5 heteroatoms. The van der Waals surface area contributed by atoms with Gasteiger partial charge in [0.2, 0.25) is 5.84 Å². The molecule has 108 valence electrons. The Bertz CT molecular complexity index is 726. The van der Waals surface area contributed by atoms with E-state index in [-0.39, 0.29) is 0 Å². The number of fused-ring (bicyclic) bond motifs is 2. The fourth-order valence-corrected chi connectivity index (χ4v) is 3.99. The summed E-state index contributed by atoms with van der Waals surface area (Å²) in [4.78, 5) is 6.36. The zero-order valence-corrected chi connectivity index (χ0v) is 13.1. The predicted molar refractivity (Wildman–Crippen MR) is 88.9 cm³/mol. The topological polar surface area (TPSA) is 36.4 Å². The maximum atomic E-state index is 5.04. The summed E-state index contributed by atoms with van der Waals surface area (Å²) >= 11 is 1.81. The lowest BCUT2D eigenvalue weighted by atomic mass is 10.2. The molecule has 1 aromatic carbocycles. The summed E-state index contributed by atoms with van der Waals surface area (Å²) in [7, 11) is 2.27. The van der Waals surface area contributed by atoms with Crippen LogP contribution in [0.4, 0.5) is 16.4 Å². The minimum absolute atomic E-state index is 0.846. The average Bonchev–Trinajstić information content (AvgIpc) is 3.01. The van der Waals surface area contributed by atoms with Gasteiger partial charge in [0.25, 0.3) is 0 Å². The van der Waals surface area contributed by atoms with E-state index in [1.54, 1.807) is 11.3 Å². The molecule has 2 aromatic rings. The van der Waals surface area contributed by atoms with E-state index in [0.717, 1.165) is 41.5 Å². The molecule has 4 rings (SSSR count). The third-order valence-corrected chi connectivity index (χ3v) is 5.19. The van der Waals surface area contributed by atoms with Gasteiger partial charge >= 0.3 is 0 Å². The van der Waals surface area contributed by atoms with Crippen LogP contribution >= 0.6 is 11.3 Å². The van der Waals surface area contributed by atoms with Crippen LogP contribution in [0.1, 0.15) is 10.4 Å². The molecule has 21 heavy (non-hydrogen) atoms. The van der Waals surface area contributed by atoms with Crippen LogP contribution in [0, 0.1) is 6.92 Å². The summed E-state index contributed by atoms with van der Waals surface area (Å²) in [5, 5.41) is 8.25. The second-order valence-electron chi connectivity index (χ2n) is 5.96. The SMILES string of the molecule is Cc1cc2c(s1)Nc1ccccc1N=C2[N+]1(C)CCNC1. The summed E-state index contributed by atoms with van der Waals surface area (Å²) in [6.45, 7) is 5.22. The Morgan fingerprint density at radius 3 is 2.95 bits per heavy atom. The Morgan fingerprint density at radius 2 is 2.14 bits per heavy atom. The van der Waals surface area contributed by atoms with E-state index >= 15 is 0 Å². The van der Waals surface area contributed by atoms with Crippen molar-refractivity contribution in [1.29, 1.82) is 0 Å². The molecule has 1 atom stereocenters. The molecule has 3 heterocycles. The number of amidine groups is 1. The molecule has 0 aliphatic carbocycles. The molecule has 0 spiro atoms. The minimum Gasteiger partial charge on any atom is -0.345 e. The lowest BCUT2D eigenvalue weighted by molar-refractivity contribution is -0.807. The van der Waals surface area contributed by atoms with E-state index in [0.29, 0.717) is 0 Å². The molecule has 1 aromatic heterocycles. The Hall–Kier alpha value is -1.69. The number of para-hydroxylation sites is 2. The lowest BCUT2D eigenvalue weighted by Gasteiger charge is -2.28. The molecule has 2 N–H and O–H groups in total. The number of aliphatic imine (C=N–C) groups is 1. The molecule has 2 aliphatic rings. The number of benzene rings is 1. The average molecular weight is 299 g/mol. The highest BCUT2D eigenvalue weighted by molar-refractivity contribution is 7.16. The highest BCUT2D eigenvalue weighted by Crippen LogP contribution is 2.40. The van der Waals surface area contributed by atoms with E-state index in [1.807, 2.05) is 0 Å². The molecule has 4 nitrogen and oxygen atoms in total. The van der Waals surface area contributed by atoms with Gasteiger partial charge in [0.15, 0.2) is 0 Å². The highest BCUT2D eigenvalue weighted by atomic mass is 32.1. The van der Waals surface area contributed by atoms with Crippen molar-refractivity contribution >= 4 is 33.5 Å². The van der Waals surface area contributed by atoms with Gasteiger partial charge in [0.05, 0.1) is 37.1 Å². The van der Waals surface area contributed by atoms with Gasteiger partial charge in [-0.05, 0) is 25.1 Å². The molecular formula is C16H19N4S+. The van der Waals surface area contributed by atoms with Crippen LogP contribution in [-0.2, 0) is 0 Å². The molecule has 0 saturated carbocycles. The second kappa shape index (κ2) is 4.66. The van der Waals surface area contributed by atoms with Gasteiger partial charge in [-0.25, -0.2) is 0 Å². The monoisotopic (exact) mass is 299 g/mol.